The molecule has 1 aliphatic heterocycles. The Balaban J connectivity index is 1.17. The molecule has 8 rings (SSSR count). The number of fused-ring (bicyclic) bond motifs is 6. The van der Waals surface area contributed by atoms with Crippen LogP contribution in [-0.4, -0.2) is 26.5 Å². The summed E-state index contributed by atoms with van der Waals surface area (Å²) in [7, 11) is 0. The van der Waals surface area contributed by atoms with Gasteiger partial charge in [-0.15, -0.1) is 21.5 Å². The first-order valence-corrected chi connectivity index (χ1v) is 15.0. The molecule has 0 unspecified atom stereocenters. The van der Waals surface area contributed by atoms with Crippen molar-refractivity contribution in [2.24, 2.45) is 16.3 Å². The van der Waals surface area contributed by atoms with E-state index in [9.17, 15) is 0 Å². The SMILES string of the molecule is C=C(NC1CCC2(CC1)CC2)[C@@H]1Cc2sc3c(c2C1)C(c1ccccc1Cl)=NC1(CC1)c1nnc(C)n1-3. The molecule has 37 heavy (non-hydrogen) atoms. The zero-order chi connectivity index (χ0) is 24.9. The van der Waals surface area contributed by atoms with Crippen LogP contribution in [0.15, 0.2) is 41.5 Å². The number of aryl methyl sites for hydroxylation is 1. The molecular weight excluding hydrogens is 498 g/mol. The third kappa shape index (κ3) is 3.44. The monoisotopic (exact) mass is 529 g/mol. The topological polar surface area (TPSA) is 55.1 Å². The number of halogens is 1. The van der Waals surface area contributed by atoms with Gasteiger partial charge >= 0.3 is 0 Å². The van der Waals surface area contributed by atoms with E-state index in [1.807, 2.05) is 23.5 Å². The summed E-state index contributed by atoms with van der Waals surface area (Å²) in [5.74, 6) is 2.35. The maximum Gasteiger partial charge on any atom is 0.166 e. The van der Waals surface area contributed by atoms with Gasteiger partial charge in [0, 0.05) is 38.7 Å². The first-order valence-electron chi connectivity index (χ1n) is 13.8. The smallest absolute Gasteiger partial charge is 0.166 e. The van der Waals surface area contributed by atoms with Gasteiger partial charge in [0.15, 0.2) is 5.82 Å². The van der Waals surface area contributed by atoms with E-state index in [0.717, 1.165) is 59.0 Å². The molecule has 2 aromatic heterocycles. The average molecular weight is 530 g/mol. The number of benzene rings is 1. The molecule has 2 spiro atoms. The molecule has 3 heterocycles. The number of nitrogens with zero attached hydrogens (tertiary/aromatic N) is 4. The molecule has 3 fully saturated rings. The van der Waals surface area contributed by atoms with E-state index < -0.39 is 0 Å². The van der Waals surface area contributed by atoms with Gasteiger partial charge in [-0.25, -0.2) is 0 Å². The number of rotatable bonds is 4. The first-order chi connectivity index (χ1) is 18.0. The highest BCUT2D eigenvalue weighted by atomic mass is 35.5. The Bertz CT molecular complexity index is 1480. The number of aliphatic imine (C=N–C) groups is 1. The first kappa shape index (κ1) is 22.5. The van der Waals surface area contributed by atoms with Crippen LogP contribution in [0.1, 0.15) is 84.6 Å². The summed E-state index contributed by atoms with van der Waals surface area (Å²) < 4.78 is 2.29. The summed E-state index contributed by atoms with van der Waals surface area (Å²) in [5, 5.41) is 15.0. The van der Waals surface area contributed by atoms with Crippen molar-refractivity contribution in [1.29, 1.82) is 0 Å². The quantitative estimate of drug-likeness (QED) is 0.410. The zero-order valence-electron chi connectivity index (χ0n) is 21.3. The molecule has 1 aromatic carbocycles. The van der Waals surface area contributed by atoms with Gasteiger partial charge in [0.25, 0.3) is 0 Å². The second-order valence-corrected chi connectivity index (χ2v) is 13.6. The Morgan fingerprint density at radius 2 is 1.86 bits per heavy atom. The molecule has 1 N–H and O–H groups in total. The molecule has 190 valence electrons. The number of hydrogen-bond donors (Lipinski definition) is 1. The molecule has 0 saturated heterocycles. The Morgan fingerprint density at radius 3 is 2.59 bits per heavy atom. The number of thiophene rings is 1. The molecule has 5 aliphatic rings. The Morgan fingerprint density at radius 1 is 1.08 bits per heavy atom. The van der Waals surface area contributed by atoms with E-state index >= 15 is 0 Å². The number of allylic oxidation sites excluding steroid dienone is 1. The highest BCUT2D eigenvalue weighted by Gasteiger charge is 2.52. The minimum atomic E-state index is -0.287. The van der Waals surface area contributed by atoms with Crippen molar-refractivity contribution in [2.45, 2.75) is 82.7 Å². The second-order valence-electron chi connectivity index (χ2n) is 12.1. The van der Waals surface area contributed by atoms with Crippen LogP contribution >= 0.6 is 22.9 Å². The fourth-order valence-corrected chi connectivity index (χ4v) is 8.71. The summed E-state index contributed by atoms with van der Waals surface area (Å²) in [4.78, 5) is 6.90. The summed E-state index contributed by atoms with van der Waals surface area (Å²) in [6, 6.07) is 8.75. The number of aromatic nitrogens is 3. The normalized spacial score (nSPS) is 24.3. The van der Waals surface area contributed by atoms with Crippen LogP contribution in [0.4, 0.5) is 0 Å². The molecule has 3 aromatic rings. The maximum atomic E-state index is 6.80. The van der Waals surface area contributed by atoms with Gasteiger partial charge in [-0.2, -0.15) is 0 Å². The van der Waals surface area contributed by atoms with Gasteiger partial charge in [-0.1, -0.05) is 36.4 Å². The molecule has 0 bridgehead atoms. The summed E-state index contributed by atoms with van der Waals surface area (Å²) in [5.41, 5.74) is 6.37. The lowest BCUT2D eigenvalue weighted by molar-refractivity contribution is 0.280. The lowest BCUT2D eigenvalue weighted by Gasteiger charge is -2.31. The van der Waals surface area contributed by atoms with Crippen molar-refractivity contribution < 1.29 is 0 Å². The van der Waals surface area contributed by atoms with Crippen molar-refractivity contribution in [2.75, 3.05) is 0 Å². The van der Waals surface area contributed by atoms with E-state index in [-0.39, 0.29) is 5.54 Å². The van der Waals surface area contributed by atoms with Crippen LogP contribution in [0.2, 0.25) is 5.02 Å². The van der Waals surface area contributed by atoms with Crippen molar-refractivity contribution in [1.82, 2.24) is 20.1 Å². The maximum absolute atomic E-state index is 6.80. The van der Waals surface area contributed by atoms with Gasteiger partial charge in [-0.3, -0.25) is 9.56 Å². The number of hydrogen-bond acceptors (Lipinski definition) is 5. The zero-order valence-corrected chi connectivity index (χ0v) is 22.9. The highest BCUT2D eigenvalue weighted by Crippen LogP contribution is 2.57. The lowest BCUT2D eigenvalue weighted by Crippen LogP contribution is -2.35. The third-order valence-electron chi connectivity index (χ3n) is 9.70. The van der Waals surface area contributed by atoms with Crippen LogP contribution in [0.3, 0.4) is 0 Å². The molecule has 4 aliphatic carbocycles. The third-order valence-corrected chi connectivity index (χ3v) is 11.3. The predicted molar refractivity (Wildman–Crippen MR) is 149 cm³/mol. The molecule has 0 amide bonds. The van der Waals surface area contributed by atoms with Crippen LogP contribution in [0, 0.1) is 18.3 Å². The minimum absolute atomic E-state index is 0.287. The van der Waals surface area contributed by atoms with E-state index in [0.29, 0.717) is 12.0 Å². The standard InChI is InChI=1S/C30H32ClN5S/c1-17(32-20-7-9-29(10-8-20)11-12-29)19-15-22-24(16-19)37-27-25(22)26(21-5-3-4-6-23(21)31)33-30(13-14-30)28-35-34-18(2)36(27)28/h3-6,19-20,32H,1,7-16H2,2H3/t19-/m0/s1. The summed E-state index contributed by atoms with van der Waals surface area (Å²) in [6.07, 6.45) is 12.3. The van der Waals surface area contributed by atoms with Gasteiger partial charge in [0.2, 0.25) is 0 Å². The van der Waals surface area contributed by atoms with Gasteiger partial charge in [-0.05, 0) is 88.2 Å². The minimum Gasteiger partial charge on any atom is -0.386 e. The van der Waals surface area contributed by atoms with Gasteiger partial charge < -0.3 is 5.32 Å². The Kier molecular flexibility index (Phi) is 4.75. The number of nitrogens with one attached hydrogen (secondary N) is 1. The Labute approximate surface area is 227 Å². The van der Waals surface area contributed by atoms with Crippen molar-refractivity contribution in [3.05, 3.63) is 74.8 Å². The molecule has 3 saturated carbocycles. The van der Waals surface area contributed by atoms with Crippen LogP contribution < -0.4 is 5.32 Å². The van der Waals surface area contributed by atoms with Gasteiger partial charge in [0.05, 0.1) is 5.71 Å². The van der Waals surface area contributed by atoms with Gasteiger partial charge in [0.1, 0.15) is 16.4 Å². The van der Waals surface area contributed by atoms with Crippen molar-refractivity contribution in [3.8, 4) is 5.00 Å². The molecule has 5 nitrogen and oxygen atoms in total. The van der Waals surface area contributed by atoms with E-state index in [4.69, 9.17) is 16.6 Å². The van der Waals surface area contributed by atoms with E-state index in [2.05, 4.69) is 45.7 Å². The molecule has 0 radical (unpaired) electrons. The van der Waals surface area contributed by atoms with Crippen LogP contribution in [0.25, 0.3) is 5.00 Å². The van der Waals surface area contributed by atoms with Crippen molar-refractivity contribution in [3.63, 3.8) is 0 Å². The fourth-order valence-electron chi connectivity index (χ4n) is 7.03. The predicted octanol–water partition coefficient (Wildman–Crippen LogP) is 6.67. The Hall–Kier alpha value is -2.44. The fraction of sp³-hybridized carbons (Fsp3) is 0.500. The van der Waals surface area contributed by atoms with Crippen LogP contribution in [0.5, 0.6) is 0 Å². The molecule has 1 atom stereocenters. The van der Waals surface area contributed by atoms with Crippen molar-refractivity contribution >= 4 is 28.6 Å². The lowest BCUT2D eigenvalue weighted by atomic mass is 9.83. The summed E-state index contributed by atoms with van der Waals surface area (Å²) >= 11 is 8.70. The van der Waals surface area contributed by atoms with E-state index in [1.54, 1.807) is 0 Å². The largest absolute Gasteiger partial charge is 0.386 e. The molecular formula is C30H32ClN5S. The summed E-state index contributed by atoms with van der Waals surface area (Å²) in [6.45, 7) is 6.62. The molecule has 7 heteroatoms. The average Bonchev–Trinajstić information content (AvgIpc) is 3.71. The second kappa shape index (κ2) is 7.79. The van der Waals surface area contributed by atoms with E-state index in [1.165, 1.54) is 65.2 Å². The highest BCUT2D eigenvalue weighted by molar-refractivity contribution is 7.15. The van der Waals surface area contributed by atoms with Crippen LogP contribution in [-0.2, 0) is 18.4 Å².